The molecule has 24 heavy (non-hydrogen) atoms. The Morgan fingerprint density at radius 2 is 1.67 bits per heavy atom. The van der Waals surface area contributed by atoms with Gasteiger partial charge in [0.25, 0.3) is 0 Å². The van der Waals surface area contributed by atoms with Crippen LogP contribution in [-0.2, 0) is 5.41 Å². The van der Waals surface area contributed by atoms with Gasteiger partial charge in [-0.05, 0) is 36.0 Å². The molecule has 0 unspecified atom stereocenters. The Labute approximate surface area is 145 Å². The highest BCUT2D eigenvalue weighted by molar-refractivity contribution is 5.61. The summed E-state index contributed by atoms with van der Waals surface area (Å²) in [6.45, 7) is 8.86. The average Bonchev–Trinajstić information content (AvgIpc) is 2.84. The molecule has 2 heterocycles. The molecule has 0 spiro atoms. The van der Waals surface area contributed by atoms with E-state index in [9.17, 15) is 0 Å². The third kappa shape index (κ3) is 4.05. The summed E-state index contributed by atoms with van der Waals surface area (Å²) in [6.07, 6.45) is 7.01. The molecule has 0 saturated carbocycles. The maximum absolute atomic E-state index is 4.76. The molecule has 1 fully saturated rings. The lowest BCUT2D eigenvalue weighted by atomic mass is 9.86. The van der Waals surface area contributed by atoms with Gasteiger partial charge in [-0.15, -0.1) is 0 Å². The third-order valence-electron chi connectivity index (χ3n) is 4.55. The van der Waals surface area contributed by atoms with E-state index in [1.165, 1.54) is 31.2 Å². The molecule has 1 aliphatic heterocycles. The normalized spacial score (nSPS) is 15.9. The molecule has 1 saturated heterocycles. The van der Waals surface area contributed by atoms with E-state index in [0.717, 1.165) is 24.6 Å². The number of rotatable bonds is 3. The quantitative estimate of drug-likeness (QED) is 0.872. The maximum Gasteiger partial charge on any atom is 0.229 e. The number of para-hydroxylation sites is 1. The van der Waals surface area contributed by atoms with E-state index < -0.39 is 0 Å². The van der Waals surface area contributed by atoms with Crippen molar-refractivity contribution in [2.24, 2.45) is 0 Å². The van der Waals surface area contributed by atoms with Crippen molar-refractivity contribution >= 4 is 17.5 Å². The highest BCUT2D eigenvalue weighted by Gasteiger charge is 2.18. The Kier molecular flexibility index (Phi) is 5.03. The second-order valence-electron chi connectivity index (χ2n) is 7.56. The van der Waals surface area contributed by atoms with E-state index >= 15 is 0 Å². The number of hydrogen-bond acceptors (Lipinski definition) is 4. The minimum Gasteiger partial charge on any atom is -0.356 e. The van der Waals surface area contributed by atoms with Crippen LogP contribution in [-0.4, -0.2) is 23.1 Å². The second kappa shape index (κ2) is 7.20. The molecular weight excluding hydrogens is 296 g/mol. The van der Waals surface area contributed by atoms with Crippen molar-refractivity contribution in [2.45, 2.75) is 51.9 Å². The zero-order valence-electron chi connectivity index (χ0n) is 15.0. The number of nitrogens with zero attached hydrogens (tertiary/aromatic N) is 3. The van der Waals surface area contributed by atoms with E-state index in [-0.39, 0.29) is 5.41 Å². The van der Waals surface area contributed by atoms with E-state index in [4.69, 9.17) is 4.98 Å². The number of anilines is 3. The van der Waals surface area contributed by atoms with Gasteiger partial charge in [-0.3, -0.25) is 0 Å². The largest absolute Gasteiger partial charge is 0.356 e. The molecule has 1 N–H and O–H groups in total. The molecule has 0 aliphatic carbocycles. The molecule has 0 bridgehead atoms. The molecule has 0 amide bonds. The first-order chi connectivity index (χ1) is 11.5. The summed E-state index contributed by atoms with van der Waals surface area (Å²) in [5, 5.41) is 3.43. The molecule has 0 radical (unpaired) electrons. The standard InChI is InChI=1S/C20H28N4/c1-20(2,3)16-10-6-7-11-17(16)22-19-21-13-12-18(23-19)24-14-8-4-5-9-15-24/h6-7,10-13H,4-5,8-9,14-15H2,1-3H3,(H,21,22,23). The van der Waals surface area contributed by atoms with Gasteiger partial charge < -0.3 is 10.2 Å². The molecule has 3 rings (SSSR count). The van der Waals surface area contributed by atoms with E-state index in [1.54, 1.807) is 0 Å². The molecular formula is C20H28N4. The fraction of sp³-hybridized carbons (Fsp3) is 0.500. The summed E-state index contributed by atoms with van der Waals surface area (Å²) in [6, 6.07) is 10.4. The van der Waals surface area contributed by atoms with Crippen molar-refractivity contribution in [2.75, 3.05) is 23.3 Å². The van der Waals surface area contributed by atoms with Crippen LogP contribution in [0.15, 0.2) is 36.5 Å². The van der Waals surface area contributed by atoms with Gasteiger partial charge in [0, 0.05) is 25.0 Å². The average molecular weight is 324 g/mol. The molecule has 2 aromatic rings. The SMILES string of the molecule is CC(C)(C)c1ccccc1Nc1nccc(N2CCCCCC2)n1. The Balaban J connectivity index is 1.83. The van der Waals surface area contributed by atoms with Crippen LogP contribution in [0.2, 0.25) is 0 Å². The summed E-state index contributed by atoms with van der Waals surface area (Å²) >= 11 is 0. The van der Waals surface area contributed by atoms with Crippen molar-refractivity contribution in [1.29, 1.82) is 0 Å². The Bertz CT molecular complexity index is 667. The molecule has 4 nitrogen and oxygen atoms in total. The first kappa shape index (κ1) is 16.7. The molecule has 0 atom stereocenters. The molecule has 1 aromatic heterocycles. The number of hydrogen-bond donors (Lipinski definition) is 1. The van der Waals surface area contributed by atoms with E-state index in [2.05, 4.69) is 60.2 Å². The number of nitrogens with one attached hydrogen (secondary N) is 1. The molecule has 4 heteroatoms. The highest BCUT2D eigenvalue weighted by Crippen LogP contribution is 2.30. The van der Waals surface area contributed by atoms with Gasteiger partial charge in [0.15, 0.2) is 0 Å². The van der Waals surface area contributed by atoms with Crippen LogP contribution in [0.25, 0.3) is 0 Å². The lowest BCUT2D eigenvalue weighted by Gasteiger charge is -2.24. The lowest BCUT2D eigenvalue weighted by molar-refractivity contribution is 0.592. The van der Waals surface area contributed by atoms with Crippen LogP contribution in [0.4, 0.5) is 17.5 Å². The van der Waals surface area contributed by atoms with Gasteiger partial charge in [0.2, 0.25) is 5.95 Å². The van der Waals surface area contributed by atoms with Gasteiger partial charge in [-0.1, -0.05) is 51.8 Å². The molecule has 128 valence electrons. The van der Waals surface area contributed by atoms with Crippen LogP contribution in [0.1, 0.15) is 52.0 Å². The first-order valence-corrected chi connectivity index (χ1v) is 8.98. The predicted molar refractivity (Wildman–Crippen MR) is 101 cm³/mol. The van der Waals surface area contributed by atoms with Gasteiger partial charge >= 0.3 is 0 Å². The minimum absolute atomic E-state index is 0.0754. The maximum atomic E-state index is 4.76. The fourth-order valence-electron chi connectivity index (χ4n) is 3.25. The number of aromatic nitrogens is 2. The van der Waals surface area contributed by atoms with E-state index in [0.29, 0.717) is 5.95 Å². The monoisotopic (exact) mass is 324 g/mol. The van der Waals surface area contributed by atoms with Crippen LogP contribution < -0.4 is 10.2 Å². The Hall–Kier alpha value is -2.10. The highest BCUT2D eigenvalue weighted by atomic mass is 15.2. The van der Waals surface area contributed by atoms with Gasteiger partial charge in [0.05, 0.1) is 0 Å². The van der Waals surface area contributed by atoms with Crippen molar-refractivity contribution < 1.29 is 0 Å². The topological polar surface area (TPSA) is 41.1 Å². The van der Waals surface area contributed by atoms with Crippen LogP contribution >= 0.6 is 0 Å². The summed E-state index contributed by atoms with van der Waals surface area (Å²) in [7, 11) is 0. The van der Waals surface area contributed by atoms with Gasteiger partial charge in [0.1, 0.15) is 5.82 Å². The predicted octanol–water partition coefficient (Wildman–Crippen LogP) is 4.90. The molecule has 1 aliphatic rings. The Morgan fingerprint density at radius 1 is 0.958 bits per heavy atom. The zero-order valence-corrected chi connectivity index (χ0v) is 15.0. The van der Waals surface area contributed by atoms with Crippen LogP contribution in [0.3, 0.4) is 0 Å². The summed E-state index contributed by atoms with van der Waals surface area (Å²) in [5.74, 6) is 1.70. The first-order valence-electron chi connectivity index (χ1n) is 8.98. The van der Waals surface area contributed by atoms with Crippen molar-refractivity contribution in [1.82, 2.24) is 9.97 Å². The lowest BCUT2D eigenvalue weighted by Crippen LogP contribution is -2.25. The van der Waals surface area contributed by atoms with Crippen LogP contribution in [0.5, 0.6) is 0 Å². The third-order valence-corrected chi connectivity index (χ3v) is 4.55. The summed E-state index contributed by atoms with van der Waals surface area (Å²) in [5.41, 5.74) is 2.43. The van der Waals surface area contributed by atoms with Gasteiger partial charge in [-0.2, -0.15) is 4.98 Å². The second-order valence-corrected chi connectivity index (χ2v) is 7.56. The minimum atomic E-state index is 0.0754. The van der Waals surface area contributed by atoms with Gasteiger partial charge in [-0.25, -0.2) is 4.98 Å². The smallest absolute Gasteiger partial charge is 0.229 e. The Morgan fingerprint density at radius 3 is 2.38 bits per heavy atom. The van der Waals surface area contributed by atoms with Crippen LogP contribution in [0, 0.1) is 0 Å². The van der Waals surface area contributed by atoms with Crippen molar-refractivity contribution in [3.63, 3.8) is 0 Å². The fourth-order valence-corrected chi connectivity index (χ4v) is 3.25. The van der Waals surface area contributed by atoms with E-state index in [1.807, 2.05) is 12.3 Å². The zero-order chi connectivity index (χ0) is 17.0. The van der Waals surface area contributed by atoms with Crippen molar-refractivity contribution in [3.8, 4) is 0 Å². The summed E-state index contributed by atoms with van der Waals surface area (Å²) < 4.78 is 0. The molecule has 1 aromatic carbocycles. The number of benzene rings is 1. The summed E-state index contributed by atoms with van der Waals surface area (Å²) in [4.78, 5) is 11.6. The van der Waals surface area contributed by atoms with Crippen molar-refractivity contribution in [3.05, 3.63) is 42.1 Å².